The highest BCUT2D eigenvalue weighted by Crippen LogP contribution is 2.48. The van der Waals surface area contributed by atoms with Crippen LogP contribution in [0, 0.1) is 17.8 Å². The summed E-state index contributed by atoms with van der Waals surface area (Å²) in [5.41, 5.74) is 0. The van der Waals surface area contributed by atoms with Gasteiger partial charge in [-0.05, 0) is 43.4 Å². The molecule has 0 radical (unpaired) electrons. The van der Waals surface area contributed by atoms with Crippen LogP contribution in [0.25, 0.3) is 0 Å². The van der Waals surface area contributed by atoms with Crippen LogP contribution >= 0.6 is 0 Å². The SMILES string of the molecule is OCC1C2CCC1CC2. The van der Waals surface area contributed by atoms with Crippen molar-refractivity contribution in [3.63, 3.8) is 0 Å². The molecule has 2 aliphatic rings. The monoisotopic (exact) mass is 126 g/mol. The number of hydrogen-bond donors (Lipinski definition) is 1. The van der Waals surface area contributed by atoms with Crippen LogP contribution in [0.3, 0.4) is 0 Å². The quantitative estimate of drug-likeness (QED) is 0.563. The summed E-state index contributed by atoms with van der Waals surface area (Å²) in [5, 5.41) is 8.95. The Kier molecular flexibility index (Phi) is 1.26. The van der Waals surface area contributed by atoms with E-state index in [1.54, 1.807) is 0 Å². The maximum Gasteiger partial charge on any atom is 0.0464 e. The molecule has 2 aliphatic carbocycles. The molecule has 1 N–H and O–H groups in total. The van der Waals surface area contributed by atoms with Crippen LogP contribution in [0.2, 0.25) is 0 Å². The van der Waals surface area contributed by atoms with Gasteiger partial charge in [-0.25, -0.2) is 0 Å². The van der Waals surface area contributed by atoms with Crippen LogP contribution in [-0.2, 0) is 0 Å². The molecule has 0 heterocycles. The van der Waals surface area contributed by atoms with E-state index >= 15 is 0 Å². The lowest BCUT2D eigenvalue weighted by Gasteiger charge is -2.09. The van der Waals surface area contributed by atoms with Gasteiger partial charge in [0.05, 0.1) is 0 Å². The van der Waals surface area contributed by atoms with Gasteiger partial charge in [-0.1, -0.05) is 0 Å². The maximum atomic E-state index is 8.95. The number of rotatable bonds is 1. The third-order valence-corrected chi connectivity index (χ3v) is 3.24. The molecule has 9 heavy (non-hydrogen) atoms. The first-order valence-electron chi connectivity index (χ1n) is 4.02. The second kappa shape index (κ2) is 1.98. The van der Waals surface area contributed by atoms with Crippen LogP contribution in [-0.4, -0.2) is 11.7 Å². The third-order valence-electron chi connectivity index (χ3n) is 3.24. The van der Waals surface area contributed by atoms with E-state index in [4.69, 9.17) is 5.11 Å². The summed E-state index contributed by atoms with van der Waals surface area (Å²) in [5.74, 6) is 2.50. The Morgan fingerprint density at radius 3 is 1.67 bits per heavy atom. The van der Waals surface area contributed by atoms with Crippen molar-refractivity contribution in [1.82, 2.24) is 0 Å². The highest BCUT2D eigenvalue weighted by molar-refractivity contribution is 4.90. The highest BCUT2D eigenvalue weighted by Gasteiger charge is 2.40. The van der Waals surface area contributed by atoms with E-state index in [-0.39, 0.29) is 0 Å². The second-order valence-electron chi connectivity index (χ2n) is 3.52. The van der Waals surface area contributed by atoms with Gasteiger partial charge in [0.25, 0.3) is 0 Å². The lowest BCUT2D eigenvalue weighted by Crippen LogP contribution is -2.10. The van der Waals surface area contributed by atoms with Crippen LogP contribution < -0.4 is 0 Å². The standard InChI is InChI=1S/C8H14O/c9-5-8-6-1-2-7(8)4-3-6/h6-9H,1-5H2. The van der Waals surface area contributed by atoms with Crippen molar-refractivity contribution in [2.75, 3.05) is 6.61 Å². The molecule has 0 atom stereocenters. The largest absolute Gasteiger partial charge is 0.396 e. The molecule has 0 aromatic rings. The van der Waals surface area contributed by atoms with Gasteiger partial charge >= 0.3 is 0 Å². The number of hydrogen-bond acceptors (Lipinski definition) is 1. The van der Waals surface area contributed by atoms with Gasteiger partial charge in [0.15, 0.2) is 0 Å². The summed E-state index contributed by atoms with van der Waals surface area (Å²) in [6.45, 7) is 0.454. The van der Waals surface area contributed by atoms with Crippen molar-refractivity contribution >= 4 is 0 Å². The Balaban J connectivity index is 2.08. The molecule has 0 aromatic heterocycles. The molecule has 0 saturated heterocycles. The summed E-state index contributed by atoms with van der Waals surface area (Å²) in [6.07, 6.45) is 5.59. The highest BCUT2D eigenvalue weighted by atomic mass is 16.3. The molecule has 2 saturated carbocycles. The molecule has 0 aliphatic heterocycles. The van der Waals surface area contributed by atoms with Crippen molar-refractivity contribution in [3.05, 3.63) is 0 Å². The van der Waals surface area contributed by atoms with E-state index in [1.165, 1.54) is 25.7 Å². The molecule has 52 valence electrons. The van der Waals surface area contributed by atoms with Crippen LogP contribution in [0.4, 0.5) is 0 Å². The minimum absolute atomic E-state index is 0.454. The molecule has 0 amide bonds. The molecular formula is C8H14O. The summed E-state index contributed by atoms with van der Waals surface area (Å²) in [7, 11) is 0. The number of fused-ring (bicyclic) bond motifs is 2. The van der Waals surface area contributed by atoms with Crippen LogP contribution in [0.5, 0.6) is 0 Å². The van der Waals surface area contributed by atoms with Crippen molar-refractivity contribution < 1.29 is 5.11 Å². The van der Waals surface area contributed by atoms with E-state index in [0.29, 0.717) is 12.5 Å². The predicted octanol–water partition coefficient (Wildman–Crippen LogP) is 1.41. The van der Waals surface area contributed by atoms with E-state index in [9.17, 15) is 0 Å². The molecule has 1 heteroatoms. The molecule has 0 aromatic carbocycles. The van der Waals surface area contributed by atoms with Crippen molar-refractivity contribution in [2.45, 2.75) is 25.7 Å². The van der Waals surface area contributed by atoms with E-state index in [1.807, 2.05) is 0 Å². The van der Waals surface area contributed by atoms with Gasteiger partial charge in [0.1, 0.15) is 0 Å². The van der Waals surface area contributed by atoms with E-state index in [0.717, 1.165) is 11.8 Å². The van der Waals surface area contributed by atoms with Gasteiger partial charge < -0.3 is 5.11 Å². The molecule has 0 spiro atoms. The molecule has 1 nitrogen and oxygen atoms in total. The van der Waals surface area contributed by atoms with Crippen LogP contribution in [0.15, 0.2) is 0 Å². The minimum Gasteiger partial charge on any atom is -0.396 e. The fourth-order valence-electron chi connectivity index (χ4n) is 2.68. The second-order valence-corrected chi connectivity index (χ2v) is 3.52. The maximum absolute atomic E-state index is 8.95. The van der Waals surface area contributed by atoms with Crippen LogP contribution in [0.1, 0.15) is 25.7 Å². The summed E-state index contributed by atoms with van der Waals surface area (Å²) < 4.78 is 0. The third kappa shape index (κ3) is 0.710. The minimum atomic E-state index is 0.454. The summed E-state index contributed by atoms with van der Waals surface area (Å²) in [6, 6.07) is 0. The van der Waals surface area contributed by atoms with Crippen molar-refractivity contribution in [2.24, 2.45) is 17.8 Å². The smallest absolute Gasteiger partial charge is 0.0464 e. The molecule has 2 bridgehead atoms. The first-order chi connectivity index (χ1) is 4.42. The molecule has 0 unspecified atom stereocenters. The van der Waals surface area contributed by atoms with E-state index in [2.05, 4.69) is 0 Å². The van der Waals surface area contributed by atoms with Gasteiger partial charge in [-0.15, -0.1) is 0 Å². The van der Waals surface area contributed by atoms with Crippen molar-refractivity contribution in [3.8, 4) is 0 Å². The Labute approximate surface area is 56.1 Å². The Bertz CT molecular complexity index is 91.1. The summed E-state index contributed by atoms with van der Waals surface area (Å²) in [4.78, 5) is 0. The van der Waals surface area contributed by atoms with Crippen molar-refractivity contribution in [1.29, 1.82) is 0 Å². The zero-order chi connectivity index (χ0) is 6.27. The van der Waals surface area contributed by atoms with Gasteiger partial charge in [0, 0.05) is 6.61 Å². The molecule has 2 fully saturated rings. The first-order valence-corrected chi connectivity index (χ1v) is 4.02. The fraction of sp³-hybridized carbons (Fsp3) is 1.00. The van der Waals surface area contributed by atoms with E-state index < -0.39 is 0 Å². The van der Waals surface area contributed by atoms with Gasteiger partial charge in [0.2, 0.25) is 0 Å². The normalized spacial score (nSPS) is 48.3. The topological polar surface area (TPSA) is 20.2 Å². The summed E-state index contributed by atoms with van der Waals surface area (Å²) >= 11 is 0. The van der Waals surface area contributed by atoms with Gasteiger partial charge in [-0.2, -0.15) is 0 Å². The Hall–Kier alpha value is -0.0400. The average molecular weight is 126 g/mol. The molecule has 2 rings (SSSR count). The van der Waals surface area contributed by atoms with Gasteiger partial charge in [-0.3, -0.25) is 0 Å². The number of aliphatic hydroxyl groups is 1. The average Bonchev–Trinajstić information content (AvgIpc) is 2.44. The molecular weight excluding hydrogens is 112 g/mol. The number of aliphatic hydroxyl groups excluding tert-OH is 1. The predicted molar refractivity (Wildman–Crippen MR) is 36.0 cm³/mol. The fourth-order valence-corrected chi connectivity index (χ4v) is 2.68. The Morgan fingerprint density at radius 2 is 1.44 bits per heavy atom. The Morgan fingerprint density at radius 1 is 1.00 bits per heavy atom. The zero-order valence-corrected chi connectivity index (χ0v) is 5.71. The first kappa shape index (κ1) is 5.72. The zero-order valence-electron chi connectivity index (χ0n) is 5.71. The lowest BCUT2D eigenvalue weighted by molar-refractivity contribution is 0.192. The lowest BCUT2D eigenvalue weighted by atomic mass is 9.99.